The molecule has 3 heteroatoms. The van der Waals surface area contributed by atoms with Gasteiger partial charge in [0.25, 0.3) is 0 Å². The molecule has 15 heavy (non-hydrogen) atoms. The lowest BCUT2D eigenvalue weighted by molar-refractivity contribution is -0.162. The summed E-state index contributed by atoms with van der Waals surface area (Å²) in [4.78, 5) is 22.0. The Hall–Kier alpha value is -0.860. The van der Waals surface area contributed by atoms with E-state index < -0.39 is 0 Å². The molecule has 0 radical (unpaired) electrons. The third-order valence-corrected chi connectivity index (χ3v) is 3.41. The molecule has 1 aliphatic rings. The van der Waals surface area contributed by atoms with E-state index in [-0.39, 0.29) is 17.9 Å². The van der Waals surface area contributed by atoms with E-state index in [1.54, 1.807) is 0 Å². The zero-order valence-corrected chi connectivity index (χ0v) is 9.46. The van der Waals surface area contributed by atoms with E-state index in [0.717, 1.165) is 44.9 Å². The van der Waals surface area contributed by atoms with Gasteiger partial charge in [-0.15, -0.1) is 0 Å². The average molecular weight is 212 g/mol. The summed E-state index contributed by atoms with van der Waals surface area (Å²) in [5.74, 6) is -0.300. The first-order valence-corrected chi connectivity index (χ1v) is 5.90. The van der Waals surface area contributed by atoms with Gasteiger partial charge in [0.1, 0.15) is 0 Å². The standard InChI is InChI=1S/C12H20O3/c1-2-3-7-12(11(14)15-10-13)8-5-4-6-9-12/h10H,2-9H2,1H3. The second-order valence-electron chi connectivity index (χ2n) is 4.45. The van der Waals surface area contributed by atoms with Crippen LogP contribution in [0.1, 0.15) is 58.3 Å². The summed E-state index contributed by atoms with van der Waals surface area (Å²) < 4.78 is 4.56. The van der Waals surface area contributed by atoms with Crippen molar-refractivity contribution in [1.82, 2.24) is 0 Å². The highest BCUT2D eigenvalue weighted by Gasteiger charge is 2.40. The minimum Gasteiger partial charge on any atom is -0.395 e. The highest BCUT2D eigenvalue weighted by Crippen LogP contribution is 2.41. The highest BCUT2D eigenvalue weighted by atomic mass is 16.6. The first-order chi connectivity index (χ1) is 7.25. The van der Waals surface area contributed by atoms with E-state index in [1.807, 2.05) is 0 Å². The molecule has 0 aromatic heterocycles. The van der Waals surface area contributed by atoms with Crippen LogP contribution in [0.15, 0.2) is 0 Å². The van der Waals surface area contributed by atoms with Crippen molar-refractivity contribution < 1.29 is 14.3 Å². The predicted octanol–water partition coefficient (Wildman–Crippen LogP) is 2.83. The molecule has 0 aromatic carbocycles. The summed E-state index contributed by atoms with van der Waals surface area (Å²) >= 11 is 0. The first-order valence-electron chi connectivity index (χ1n) is 5.90. The first kappa shape index (κ1) is 12.2. The summed E-state index contributed by atoms with van der Waals surface area (Å²) in [6, 6.07) is 0. The molecule has 0 aliphatic heterocycles. The van der Waals surface area contributed by atoms with Gasteiger partial charge < -0.3 is 4.74 Å². The average Bonchev–Trinajstić information content (AvgIpc) is 2.28. The number of carbonyl (C=O) groups excluding carboxylic acids is 2. The molecule has 1 rings (SSSR count). The van der Waals surface area contributed by atoms with Gasteiger partial charge in [0, 0.05) is 0 Å². The van der Waals surface area contributed by atoms with Crippen molar-refractivity contribution in [3.63, 3.8) is 0 Å². The van der Waals surface area contributed by atoms with Crippen molar-refractivity contribution in [2.75, 3.05) is 0 Å². The molecule has 0 heterocycles. The minimum atomic E-state index is -0.352. The van der Waals surface area contributed by atoms with Crippen LogP contribution in [0.3, 0.4) is 0 Å². The van der Waals surface area contributed by atoms with Crippen LogP contribution < -0.4 is 0 Å². The summed E-state index contributed by atoms with van der Waals surface area (Å²) in [5, 5.41) is 0. The molecule has 1 fully saturated rings. The fraction of sp³-hybridized carbons (Fsp3) is 0.833. The number of hydrogen-bond donors (Lipinski definition) is 0. The van der Waals surface area contributed by atoms with Crippen molar-refractivity contribution in [3.8, 4) is 0 Å². The number of ether oxygens (including phenoxy) is 1. The zero-order chi connectivity index (χ0) is 11.1. The summed E-state index contributed by atoms with van der Waals surface area (Å²) in [7, 11) is 0. The van der Waals surface area contributed by atoms with Gasteiger partial charge in [-0.2, -0.15) is 0 Å². The lowest BCUT2D eigenvalue weighted by atomic mass is 9.71. The number of unbranched alkanes of at least 4 members (excludes halogenated alkanes) is 1. The molecule has 0 amide bonds. The number of rotatable bonds is 5. The smallest absolute Gasteiger partial charge is 0.319 e. The van der Waals surface area contributed by atoms with E-state index in [1.165, 1.54) is 6.42 Å². The molecule has 3 nitrogen and oxygen atoms in total. The van der Waals surface area contributed by atoms with E-state index in [4.69, 9.17) is 0 Å². The monoisotopic (exact) mass is 212 g/mol. The summed E-state index contributed by atoms with van der Waals surface area (Å²) in [6.45, 7) is 2.38. The number of hydrogen-bond acceptors (Lipinski definition) is 3. The Balaban J connectivity index is 2.64. The normalized spacial score (nSPS) is 19.5. The maximum Gasteiger partial charge on any atom is 0.319 e. The second kappa shape index (κ2) is 5.89. The maximum absolute atomic E-state index is 11.8. The number of esters is 1. The van der Waals surface area contributed by atoms with Crippen LogP contribution in [-0.2, 0) is 14.3 Å². The Labute approximate surface area is 91.2 Å². The van der Waals surface area contributed by atoms with Crippen LogP contribution in [0, 0.1) is 5.41 Å². The van der Waals surface area contributed by atoms with Crippen LogP contribution in [-0.4, -0.2) is 12.4 Å². The molecular weight excluding hydrogens is 192 g/mol. The molecule has 0 atom stereocenters. The Morgan fingerprint density at radius 3 is 2.53 bits per heavy atom. The van der Waals surface area contributed by atoms with Crippen molar-refractivity contribution in [2.24, 2.45) is 5.41 Å². The van der Waals surface area contributed by atoms with Gasteiger partial charge in [-0.05, 0) is 19.3 Å². The summed E-state index contributed by atoms with van der Waals surface area (Å²) in [5.41, 5.74) is -0.352. The second-order valence-corrected chi connectivity index (χ2v) is 4.45. The van der Waals surface area contributed by atoms with E-state index >= 15 is 0 Å². The third kappa shape index (κ3) is 3.05. The minimum absolute atomic E-state index is 0.268. The molecule has 0 unspecified atom stereocenters. The van der Waals surface area contributed by atoms with Crippen molar-refractivity contribution in [2.45, 2.75) is 58.3 Å². The van der Waals surface area contributed by atoms with E-state index in [0.29, 0.717) is 0 Å². The van der Waals surface area contributed by atoms with E-state index in [9.17, 15) is 9.59 Å². The fourth-order valence-electron chi connectivity index (χ4n) is 2.47. The fourth-order valence-corrected chi connectivity index (χ4v) is 2.47. The quantitative estimate of drug-likeness (QED) is 0.400. The van der Waals surface area contributed by atoms with Crippen molar-refractivity contribution in [3.05, 3.63) is 0 Å². The third-order valence-electron chi connectivity index (χ3n) is 3.41. The van der Waals surface area contributed by atoms with Gasteiger partial charge in [0.05, 0.1) is 5.41 Å². The maximum atomic E-state index is 11.8. The Bertz CT molecular complexity index is 217. The molecule has 0 saturated heterocycles. The van der Waals surface area contributed by atoms with Gasteiger partial charge in [-0.3, -0.25) is 9.59 Å². The Kier molecular flexibility index (Phi) is 4.79. The molecule has 0 bridgehead atoms. The van der Waals surface area contributed by atoms with Crippen LogP contribution in [0.4, 0.5) is 0 Å². The highest BCUT2D eigenvalue weighted by molar-refractivity contribution is 5.82. The Morgan fingerprint density at radius 1 is 1.33 bits per heavy atom. The van der Waals surface area contributed by atoms with Crippen LogP contribution in [0.5, 0.6) is 0 Å². The van der Waals surface area contributed by atoms with Crippen LogP contribution in [0.25, 0.3) is 0 Å². The van der Waals surface area contributed by atoms with Gasteiger partial charge in [-0.25, -0.2) is 0 Å². The Morgan fingerprint density at radius 2 is 2.00 bits per heavy atom. The molecule has 0 N–H and O–H groups in total. The van der Waals surface area contributed by atoms with E-state index in [2.05, 4.69) is 11.7 Å². The van der Waals surface area contributed by atoms with Gasteiger partial charge in [0.15, 0.2) is 0 Å². The van der Waals surface area contributed by atoms with Crippen molar-refractivity contribution >= 4 is 12.4 Å². The molecule has 1 aliphatic carbocycles. The predicted molar refractivity (Wildman–Crippen MR) is 57.2 cm³/mol. The lowest BCUT2D eigenvalue weighted by Gasteiger charge is -2.34. The molecule has 0 aromatic rings. The molecule has 0 spiro atoms. The SMILES string of the molecule is CCCCC1(C(=O)OC=O)CCCCC1. The molecular formula is C12H20O3. The van der Waals surface area contributed by atoms with Gasteiger partial charge in [-0.1, -0.05) is 39.0 Å². The summed E-state index contributed by atoms with van der Waals surface area (Å²) in [6.07, 6.45) is 8.12. The van der Waals surface area contributed by atoms with Crippen LogP contribution >= 0.6 is 0 Å². The molecule has 86 valence electrons. The largest absolute Gasteiger partial charge is 0.395 e. The van der Waals surface area contributed by atoms with Gasteiger partial charge >= 0.3 is 12.4 Å². The topological polar surface area (TPSA) is 43.4 Å². The zero-order valence-electron chi connectivity index (χ0n) is 9.46. The number of carbonyl (C=O) groups is 2. The lowest BCUT2D eigenvalue weighted by Crippen LogP contribution is -2.35. The van der Waals surface area contributed by atoms with Gasteiger partial charge in [0.2, 0.25) is 0 Å². The molecule has 1 saturated carbocycles. The van der Waals surface area contributed by atoms with Crippen molar-refractivity contribution in [1.29, 1.82) is 0 Å². The van der Waals surface area contributed by atoms with Crippen LogP contribution in [0.2, 0.25) is 0 Å².